The van der Waals surface area contributed by atoms with E-state index >= 15 is 0 Å². The van der Waals surface area contributed by atoms with Gasteiger partial charge in [-0.25, -0.2) is 4.98 Å². The molecule has 1 saturated carbocycles. The zero-order valence-corrected chi connectivity index (χ0v) is 7.56. The number of carbonyl (C=O) groups excluding carboxylic acids is 1. The Morgan fingerprint density at radius 1 is 1.57 bits per heavy atom. The average molecular weight is 193 g/mol. The number of nitrogens with zero attached hydrogens (tertiary/aromatic N) is 1. The number of rotatable bonds is 3. The molecule has 1 fully saturated rings. The van der Waals surface area contributed by atoms with Gasteiger partial charge >= 0.3 is 0 Å². The first-order valence-electron chi connectivity index (χ1n) is 4.39. The number of aromatic nitrogens is 1. The van der Waals surface area contributed by atoms with Gasteiger partial charge < -0.3 is 16.2 Å². The van der Waals surface area contributed by atoms with E-state index in [0.29, 0.717) is 5.75 Å². The molecule has 1 aromatic heterocycles. The monoisotopic (exact) mass is 193 g/mol. The second-order valence-corrected chi connectivity index (χ2v) is 3.29. The van der Waals surface area contributed by atoms with E-state index in [1.165, 1.54) is 12.3 Å². The van der Waals surface area contributed by atoms with Gasteiger partial charge in [-0.15, -0.1) is 0 Å². The number of nitrogens with two attached hydrogens (primary N) is 2. The Morgan fingerprint density at radius 3 is 2.86 bits per heavy atom. The lowest BCUT2D eigenvalue weighted by atomic mass is 10.2. The summed E-state index contributed by atoms with van der Waals surface area (Å²) in [6.45, 7) is 0. The molecule has 1 aromatic rings. The minimum atomic E-state index is -0.587. The van der Waals surface area contributed by atoms with Gasteiger partial charge in [0.25, 0.3) is 5.91 Å². The van der Waals surface area contributed by atoms with Crippen molar-refractivity contribution in [3.63, 3.8) is 0 Å². The highest BCUT2D eigenvalue weighted by atomic mass is 16.5. The summed E-state index contributed by atoms with van der Waals surface area (Å²) < 4.78 is 5.45. The summed E-state index contributed by atoms with van der Waals surface area (Å²) in [4.78, 5) is 14.8. The third-order valence-corrected chi connectivity index (χ3v) is 1.99. The molecule has 14 heavy (non-hydrogen) atoms. The number of hydrogen-bond donors (Lipinski definition) is 2. The zero-order valence-electron chi connectivity index (χ0n) is 7.56. The zero-order chi connectivity index (χ0) is 10.1. The molecule has 0 aromatic carbocycles. The van der Waals surface area contributed by atoms with Gasteiger partial charge in [0, 0.05) is 0 Å². The first-order valence-corrected chi connectivity index (χ1v) is 4.39. The Kier molecular flexibility index (Phi) is 1.99. The first kappa shape index (κ1) is 8.80. The maximum atomic E-state index is 10.9. The minimum absolute atomic E-state index is 0.139. The smallest absolute Gasteiger partial charge is 0.252 e. The quantitative estimate of drug-likeness (QED) is 0.722. The van der Waals surface area contributed by atoms with E-state index in [1.807, 2.05) is 0 Å². The van der Waals surface area contributed by atoms with Crippen LogP contribution in [0, 0.1) is 0 Å². The molecule has 1 amide bonds. The van der Waals surface area contributed by atoms with Crippen molar-refractivity contribution < 1.29 is 9.53 Å². The number of anilines is 1. The van der Waals surface area contributed by atoms with Crippen LogP contribution in [0.1, 0.15) is 23.2 Å². The van der Waals surface area contributed by atoms with Crippen LogP contribution in [0.5, 0.6) is 5.75 Å². The third-order valence-electron chi connectivity index (χ3n) is 1.99. The number of nitrogen functional groups attached to an aromatic ring is 1. The van der Waals surface area contributed by atoms with Crippen molar-refractivity contribution in [1.29, 1.82) is 0 Å². The van der Waals surface area contributed by atoms with Crippen LogP contribution < -0.4 is 16.2 Å². The van der Waals surface area contributed by atoms with Crippen LogP contribution in [0.15, 0.2) is 12.3 Å². The van der Waals surface area contributed by atoms with E-state index < -0.39 is 5.91 Å². The van der Waals surface area contributed by atoms with E-state index in [9.17, 15) is 4.79 Å². The molecule has 74 valence electrons. The number of carbonyl (C=O) groups is 1. The van der Waals surface area contributed by atoms with Crippen LogP contribution in [0.4, 0.5) is 5.82 Å². The van der Waals surface area contributed by atoms with E-state index in [2.05, 4.69) is 4.98 Å². The summed E-state index contributed by atoms with van der Waals surface area (Å²) in [5.74, 6) is 0.104. The van der Waals surface area contributed by atoms with Crippen LogP contribution in [0.3, 0.4) is 0 Å². The molecular weight excluding hydrogens is 182 g/mol. The maximum Gasteiger partial charge on any atom is 0.252 e. The second kappa shape index (κ2) is 3.17. The van der Waals surface area contributed by atoms with Crippen molar-refractivity contribution in [2.24, 2.45) is 5.73 Å². The van der Waals surface area contributed by atoms with Crippen molar-refractivity contribution in [1.82, 2.24) is 4.98 Å². The lowest BCUT2D eigenvalue weighted by Crippen LogP contribution is -2.14. The summed E-state index contributed by atoms with van der Waals surface area (Å²) in [7, 11) is 0. The predicted octanol–water partition coefficient (Wildman–Crippen LogP) is 0.304. The molecule has 1 aliphatic carbocycles. The van der Waals surface area contributed by atoms with Gasteiger partial charge in [0.05, 0.1) is 17.9 Å². The Bertz CT molecular complexity index is 374. The van der Waals surface area contributed by atoms with Crippen LogP contribution >= 0.6 is 0 Å². The van der Waals surface area contributed by atoms with Crippen molar-refractivity contribution in [2.45, 2.75) is 18.9 Å². The van der Waals surface area contributed by atoms with Gasteiger partial charge in [-0.3, -0.25) is 4.79 Å². The number of hydrogen-bond acceptors (Lipinski definition) is 4. The first-order chi connectivity index (χ1) is 6.66. The average Bonchev–Trinajstić information content (AvgIpc) is 2.92. The third kappa shape index (κ3) is 1.76. The van der Waals surface area contributed by atoms with E-state index in [4.69, 9.17) is 16.2 Å². The van der Waals surface area contributed by atoms with E-state index in [1.54, 1.807) is 0 Å². The molecule has 1 aliphatic rings. The van der Waals surface area contributed by atoms with E-state index in [0.717, 1.165) is 12.8 Å². The van der Waals surface area contributed by atoms with Crippen molar-refractivity contribution in [3.8, 4) is 5.75 Å². The Morgan fingerprint density at radius 2 is 2.29 bits per heavy atom. The molecule has 4 N–H and O–H groups in total. The highest BCUT2D eigenvalue weighted by Gasteiger charge is 2.24. The van der Waals surface area contributed by atoms with Gasteiger partial charge in [0.2, 0.25) is 0 Å². The molecule has 5 nitrogen and oxygen atoms in total. The lowest BCUT2D eigenvalue weighted by molar-refractivity contribution is 0.100. The summed E-state index contributed by atoms with van der Waals surface area (Å²) in [6, 6.07) is 1.53. The SMILES string of the molecule is NC(=O)c1cc(OC2CC2)cnc1N. The molecule has 0 unspecified atom stereocenters. The summed E-state index contributed by atoms with van der Waals surface area (Å²) in [5.41, 5.74) is 10.8. The molecule has 0 aliphatic heterocycles. The molecule has 5 heteroatoms. The fourth-order valence-corrected chi connectivity index (χ4v) is 1.10. The summed E-state index contributed by atoms with van der Waals surface area (Å²) >= 11 is 0. The van der Waals surface area contributed by atoms with Crippen molar-refractivity contribution in [2.75, 3.05) is 5.73 Å². The number of ether oxygens (including phenoxy) is 1. The highest BCUT2D eigenvalue weighted by Crippen LogP contribution is 2.27. The molecular formula is C9H11N3O2. The number of pyridine rings is 1. The molecule has 0 atom stereocenters. The topological polar surface area (TPSA) is 91.2 Å². The largest absolute Gasteiger partial charge is 0.489 e. The van der Waals surface area contributed by atoms with Gasteiger partial charge in [-0.2, -0.15) is 0 Å². The fourth-order valence-electron chi connectivity index (χ4n) is 1.10. The van der Waals surface area contributed by atoms with Crippen LogP contribution in [0.2, 0.25) is 0 Å². The minimum Gasteiger partial charge on any atom is -0.489 e. The Hall–Kier alpha value is -1.78. The van der Waals surface area contributed by atoms with E-state index in [-0.39, 0.29) is 17.5 Å². The maximum absolute atomic E-state index is 10.9. The van der Waals surface area contributed by atoms with Crippen LogP contribution in [0.25, 0.3) is 0 Å². The molecule has 0 bridgehead atoms. The van der Waals surface area contributed by atoms with Gasteiger partial charge in [-0.05, 0) is 18.9 Å². The Balaban J connectivity index is 2.24. The van der Waals surface area contributed by atoms with Gasteiger partial charge in [0.1, 0.15) is 11.6 Å². The summed E-state index contributed by atoms with van der Waals surface area (Å²) in [6.07, 6.45) is 3.87. The molecule has 0 spiro atoms. The summed E-state index contributed by atoms with van der Waals surface area (Å²) in [5, 5.41) is 0. The standard InChI is InChI=1S/C9H11N3O2/c10-8-7(9(11)13)3-6(4-12-8)14-5-1-2-5/h3-5H,1-2H2,(H2,10,12)(H2,11,13). The molecule has 0 radical (unpaired) electrons. The molecule has 0 saturated heterocycles. The number of primary amides is 1. The van der Waals surface area contributed by atoms with Crippen LogP contribution in [-0.4, -0.2) is 17.0 Å². The van der Waals surface area contributed by atoms with Gasteiger partial charge in [0.15, 0.2) is 0 Å². The van der Waals surface area contributed by atoms with Crippen molar-refractivity contribution >= 4 is 11.7 Å². The lowest BCUT2D eigenvalue weighted by Gasteiger charge is -2.06. The fraction of sp³-hybridized carbons (Fsp3) is 0.333. The van der Waals surface area contributed by atoms with Crippen molar-refractivity contribution in [3.05, 3.63) is 17.8 Å². The molecule has 1 heterocycles. The predicted molar refractivity (Wildman–Crippen MR) is 50.8 cm³/mol. The Labute approximate surface area is 81.1 Å². The number of amides is 1. The second-order valence-electron chi connectivity index (χ2n) is 3.29. The van der Waals surface area contributed by atoms with Crippen LogP contribution in [-0.2, 0) is 0 Å². The molecule has 2 rings (SSSR count). The normalized spacial score (nSPS) is 15.1. The highest BCUT2D eigenvalue weighted by molar-refractivity contribution is 5.97. The van der Waals surface area contributed by atoms with Gasteiger partial charge in [-0.1, -0.05) is 0 Å².